The van der Waals surface area contributed by atoms with Gasteiger partial charge in [-0.1, -0.05) is 29.8 Å². The third kappa shape index (κ3) is 4.83. The largest absolute Gasteiger partial charge is 0.352 e. The normalized spacial score (nSPS) is 10.9. The lowest BCUT2D eigenvalue weighted by molar-refractivity contribution is -0.131. The predicted molar refractivity (Wildman–Crippen MR) is 115 cm³/mol. The van der Waals surface area contributed by atoms with Crippen molar-refractivity contribution in [3.05, 3.63) is 65.5 Å². The smallest absolute Gasteiger partial charge is 0.251 e. The third-order valence-electron chi connectivity index (χ3n) is 5.06. The molecule has 0 unspecified atom stereocenters. The van der Waals surface area contributed by atoms with Crippen molar-refractivity contribution >= 4 is 22.8 Å². The van der Waals surface area contributed by atoms with Crippen LogP contribution in [0, 0.1) is 6.92 Å². The van der Waals surface area contributed by atoms with Gasteiger partial charge in [0.25, 0.3) is 5.91 Å². The molecule has 0 aliphatic rings. The van der Waals surface area contributed by atoms with Gasteiger partial charge in [-0.3, -0.25) is 9.59 Å². The summed E-state index contributed by atoms with van der Waals surface area (Å²) in [6.45, 7) is 8.00. The molecule has 0 atom stereocenters. The molecule has 0 spiro atoms. The summed E-state index contributed by atoms with van der Waals surface area (Å²) in [6.07, 6.45) is 0.553. The molecule has 6 nitrogen and oxygen atoms in total. The zero-order valence-corrected chi connectivity index (χ0v) is 17.3. The van der Waals surface area contributed by atoms with Crippen LogP contribution in [-0.2, 0) is 17.8 Å². The molecule has 152 valence electrons. The van der Waals surface area contributed by atoms with Gasteiger partial charge in [0.05, 0.1) is 11.0 Å². The van der Waals surface area contributed by atoms with Crippen molar-refractivity contribution in [3.8, 4) is 0 Å². The molecule has 0 radical (unpaired) electrons. The number of aromatic nitrogens is 2. The van der Waals surface area contributed by atoms with Crippen molar-refractivity contribution in [2.45, 2.75) is 33.7 Å². The monoisotopic (exact) mass is 392 g/mol. The highest BCUT2D eigenvalue weighted by Gasteiger charge is 2.16. The average Bonchev–Trinajstić information content (AvgIpc) is 3.06. The van der Waals surface area contributed by atoms with E-state index >= 15 is 0 Å². The number of nitrogens with zero attached hydrogens (tertiary/aromatic N) is 3. The number of amides is 2. The number of hydrogen-bond donors (Lipinski definition) is 1. The predicted octanol–water partition coefficient (Wildman–Crippen LogP) is 3.19. The van der Waals surface area contributed by atoms with Gasteiger partial charge in [-0.15, -0.1) is 0 Å². The fourth-order valence-corrected chi connectivity index (χ4v) is 3.48. The average molecular weight is 393 g/mol. The van der Waals surface area contributed by atoms with Crippen LogP contribution in [0.5, 0.6) is 0 Å². The third-order valence-corrected chi connectivity index (χ3v) is 5.06. The number of carbonyl (C=O) groups excluding carboxylic acids is 2. The van der Waals surface area contributed by atoms with E-state index in [9.17, 15) is 9.59 Å². The first-order valence-corrected chi connectivity index (χ1v) is 10.1. The van der Waals surface area contributed by atoms with Gasteiger partial charge >= 0.3 is 0 Å². The summed E-state index contributed by atoms with van der Waals surface area (Å²) in [6, 6.07) is 15.3. The van der Waals surface area contributed by atoms with Gasteiger partial charge in [0.1, 0.15) is 12.4 Å². The Bertz CT molecular complexity index is 1010. The Hall–Kier alpha value is -3.15. The summed E-state index contributed by atoms with van der Waals surface area (Å²) in [7, 11) is 0. The molecule has 6 heteroatoms. The van der Waals surface area contributed by atoms with Gasteiger partial charge < -0.3 is 14.8 Å². The van der Waals surface area contributed by atoms with Crippen LogP contribution in [-0.4, -0.2) is 45.9 Å². The van der Waals surface area contributed by atoms with E-state index in [0.717, 1.165) is 22.4 Å². The molecule has 0 bridgehead atoms. The number of benzene rings is 2. The molecule has 2 amide bonds. The van der Waals surface area contributed by atoms with Crippen LogP contribution >= 0.6 is 0 Å². The van der Waals surface area contributed by atoms with Gasteiger partial charge in [-0.05, 0) is 45.0 Å². The molecule has 1 heterocycles. The standard InChI is InChI=1S/C23H28N4O2/c1-4-26(5-2)22(28)16-27-20-12-7-6-11-19(20)25-21(27)13-14-24-23(29)18-10-8-9-17(3)15-18/h6-12,15H,4-5,13-14,16H2,1-3H3,(H,24,29). The SMILES string of the molecule is CCN(CC)C(=O)Cn1c(CCNC(=O)c2cccc(C)c2)nc2ccccc21. The second-order valence-electron chi connectivity index (χ2n) is 7.04. The van der Waals surface area contributed by atoms with E-state index < -0.39 is 0 Å². The molecule has 0 aliphatic carbocycles. The number of rotatable bonds is 8. The number of fused-ring (bicyclic) bond motifs is 1. The zero-order chi connectivity index (χ0) is 20.8. The van der Waals surface area contributed by atoms with Gasteiger partial charge in [0.15, 0.2) is 0 Å². The van der Waals surface area contributed by atoms with Gasteiger partial charge in [0.2, 0.25) is 5.91 Å². The van der Waals surface area contributed by atoms with E-state index in [1.165, 1.54) is 0 Å². The lowest BCUT2D eigenvalue weighted by Crippen LogP contribution is -2.34. The Balaban J connectivity index is 1.74. The van der Waals surface area contributed by atoms with E-state index in [2.05, 4.69) is 5.32 Å². The molecule has 0 saturated carbocycles. The van der Waals surface area contributed by atoms with E-state index in [0.29, 0.717) is 31.6 Å². The molecule has 0 saturated heterocycles. The maximum Gasteiger partial charge on any atom is 0.251 e. The van der Waals surface area contributed by atoms with Crippen LogP contribution in [0.2, 0.25) is 0 Å². The minimum Gasteiger partial charge on any atom is -0.352 e. The molecule has 1 aromatic heterocycles. The Morgan fingerprint density at radius 1 is 1.07 bits per heavy atom. The summed E-state index contributed by atoms with van der Waals surface area (Å²) in [4.78, 5) is 31.6. The first-order chi connectivity index (χ1) is 14.0. The van der Waals surface area contributed by atoms with Crippen molar-refractivity contribution in [1.82, 2.24) is 19.8 Å². The summed E-state index contributed by atoms with van der Waals surface area (Å²) in [5.74, 6) is 0.773. The molecular weight excluding hydrogens is 364 g/mol. The summed E-state index contributed by atoms with van der Waals surface area (Å²) in [5, 5.41) is 2.96. The van der Waals surface area contributed by atoms with E-state index in [4.69, 9.17) is 4.98 Å². The number of para-hydroxylation sites is 2. The number of nitrogens with one attached hydrogen (secondary N) is 1. The first kappa shape index (κ1) is 20.6. The maximum absolute atomic E-state index is 12.7. The van der Waals surface area contributed by atoms with Crippen LogP contribution in [0.4, 0.5) is 0 Å². The lowest BCUT2D eigenvalue weighted by atomic mass is 10.1. The Kier molecular flexibility index (Phi) is 6.65. The Morgan fingerprint density at radius 3 is 2.55 bits per heavy atom. The van der Waals surface area contributed by atoms with Gasteiger partial charge in [0, 0.05) is 31.6 Å². The van der Waals surface area contributed by atoms with Crippen LogP contribution in [0.3, 0.4) is 0 Å². The minimum absolute atomic E-state index is 0.0724. The van der Waals surface area contributed by atoms with Crippen LogP contribution < -0.4 is 5.32 Å². The molecule has 0 fully saturated rings. The topological polar surface area (TPSA) is 67.2 Å². The Morgan fingerprint density at radius 2 is 1.83 bits per heavy atom. The molecule has 3 aromatic rings. The number of carbonyl (C=O) groups is 2. The van der Waals surface area contributed by atoms with Crippen molar-refractivity contribution in [3.63, 3.8) is 0 Å². The lowest BCUT2D eigenvalue weighted by Gasteiger charge is -2.20. The second kappa shape index (κ2) is 9.37. The maximum atomic E-state index is 12.7. The molecule has 3 rings (SSSR count). The van der Waals surface area contributed by atoms with Crippen molar-refractivity contribution < 1.29 is 9.59 Å². The van der Waals surface area contributed by atoms with Crippen molar-refractivity contribution in [1.29, 1.82) is 0 Å². The highest BCUT2D eigenvalue weighted by molar-refractivity contribution is 5.94. The summed E-state index contributed by atoms with van der Waals surface area (Å²) < 4.78 is 1.97. The summed E-state index contributed by atoms with van der Waals surface area (Å²) in [5.41, 5.74) is 3.50. The fourth-order valence-electron chi connectivity index (χ4n) is 3.48. The molecule has 29 heavy (non-hydrogen) atoms. The number of imidazole rings is 1. The Labute approximate surface area is 171 Å². The number of likely N-dealkylation sites (N-methyl/N-ethyl adjacent to an activating group) is 1. The van der Waals surface area contributed by atoms with Crippen molar-refractivity contribution in [2.24, 2.45) is 0 Å². The van der Waals surface area contributed by atoms with E-state index in [-0.39, 0.29) is 18.4 Å². The molecule has 1 N–H and O–H groups in total. The van der Waals surface area contributed by atoms with Crippen LogP contribution in [0.25, 0.3) is 11.0 Å². The molecule has 2 aromatic carbocycles. The highest BCUT2D eigenvalue weighted by atomic mass is 16.2. The van der Waals surface area contributed by atoms with Crippen LogP contribution in [0.15, 0.2) is 48.5 Å². The van der Waals surface area contributed by atoms with Gasteiger partial charge in [-0.25, -0.2) is 4.98 Å². The van der Waals surface area contributed by atoms with E-state index in [1.54, 1.807) is 6.07 Å². The minimum atomic E-state index is -0.101. The van der Waals surface area contributed by atoms with Gasteiger partial charge in [-0.2, -0.15) is 0 Å². The zero-order valence-electron chi connectivity index (χ0n) is 17.3. The number of hydrogen-bond acceptors (Lipinski definition) is 3. The van der Waals surface area contributed by atoms with Crippen LogP contribution in [0.1, 0.15) is 35.6 Å². The molecule has 0 aliphatic heterocycles. The fraction of sp³-hybridized carbons (Fsp3) is 0.348. The quantitative estimate of drug-likeness (QED) is 0.640. The highest BCUT2D eigenvalue weighted by Crippen LogP contribution is 2.17. The number of aryl methyl sites for hydroxylation is 1. The first-order valence-electron chi connectivity index (χ1n) is 10.1. The summed E-state index contributed by atoms with van der Waals surface area (Å²) >= 11 is 0. The van der Waals surface area contributed by atoms with E-state index in [1.807, 2.05) is 72.7 Å². The second-order valence-corrected chi connectivity index (χ2v) is 7.04. The molecular formula is C23H28N4O2. The van der Waals surface area contributed by atoms with Crippen molar-refractivity contribution in [2.75, 3.05) is 19.6 Å².